The van der Waals surface area contributed by atoms with Gasteiger partial charge in [0.25, 0.3) is 5.91 Å². The molecule has 0 spiro atoms. The van der Waals surface area contributed by atoms with Crippen molar-refractivity contribution in [1.29, 1.82) is 0 Å². The average Bonchev–Trinajstić information content (AvgIpc) is 3.45. The van der Waals surface area contributed by atoms with Gasteiger partial charge in [0.15, 0.2) is 16.5 Å². The Bertz CT molecular complexity index is 1110. The molecule has 0 bridgehead atoms. The Balaban J connectivity index is 1.19. The monoisotopic (exact) mass is 417 g/mol. The number of amides is 1. The molecule has 5 nitrogen and oxygen atoms in total. The van der Waals surface area contributed by atoms with E-state index in [-0.39, 0.29) is 5.91 Å². The van der Waals surface area contributed by atoms with Gasteiger partial charge in [0.1, 0.15) is 0 Å². The Labute approximate surface area is 179 Å². The van der Waals surface area contributed by atoms with Gasteiger partial charge in [0, 0.05) is 32.7 Å². The summed E-state index contributed by atoms with van der Waals surface area (Å²) >= 11 is 1.58. The number of fused-ring (bicyclic) bond motifs is 1. The third-order valence-corrected chi connectivity index (χ3v) is 6.59. The summed E-state index contributed by atoms with van der Waals surface area (Å²) in [6.45, 7) is 4.26. The largest absolute Gasteiger partial charge is 0.448 e. The molecule has 152 valence electrons. The van der Waals surface area contributed by atoms with Crippen LogP contribution in [-0.4, -0.2) is 53.4 Å². The van der Waals surface area contributed by atoms with Gasteiger partial charge in [-0.3, -0.25) is 9.69 Å². The van der Waals surface area contributed by atoms with Crippen LogP contribution in [0.5, 0.6) is 0 Å². The van der Waals surface area contributed by atoms with Gasteiger partial charge < -0.3 is 9.32 Å². The van der Waals surface area contributed by atoms with Crippen LogP contribution in [0.25, 0.3) is 21.0 Å². The quantitative estimate of drug-likeness (QED) is 0.478. The molecule has 0 saturated carbocycles. The molecule has 2 aromatic heterocycles. The maximum Gasteiger partial charge on any atom is 0.289 e. The van der Waals surface area contributed by atoms with E-state index in [0.29, 0.717) is 11.5 Å². The molecule has 0 unspecified atom stereocenters. The van der Waals surface area contributed by atoms with Crippen molar-refractivity contribution >= 4 is 27.5 Å². The number of para-hydroxylation sites is 1. The maximum atomic E-state index is 12.9. The number of hydrogen-bond donors (Lipinski definition) is 0. The number of furan rings is 1. The summed E-state index contributed by atoms with van der Waals surface area (Å²) in [5.41, 5.74) is 2.31. The molecule has 0 aliphatic carbocycles. The second kappa shape index (κ2) is 8.42. The molecular formula is C24H23N3O2S. The molecule has 0 atom stereocenters. The van der Waals surface area contributed by atoms with E-state index in [9.17, 15) is 4.79 Å². The van der Waals surface area contributed by atoms with Crippen LogP contribution >= 0.6 is 11.3 Å². The van der Waals surface area contributed by atoms with E-state index in [4.69, 9.17) is 4.42 Å². The first-order valence-corrected chi connectivity index (χ1v) is 11.1. The van der Waals surface area contributed by atoms with Crippen LogP contribution in [0.1, 0.15) is 16.1 Å². The summed E-state index contributed by atoms with van der Waals surface area (Å²) in [5.74, 6) is 1.01. The summed E-state index contributed by atoms with van der Waals surface area (Å²) < 4.78 is 7.00. The van der Waals surface area contributed by atoms with E-state index in [1.165, 1.54) is 5.56 Å². The van der Waals surface area contributed by atoms with E-state index in [1.807, 2.05) is 41.3 Å². The third kappa shape index (κ3) is 4.01. The van der Waals surface area contributed by atoms with Gasteiger partial charge in [-0.2, -0.15) is 0 Å². The van der Waals surface area contributed by atoms with E-state index >= 15 is 0 Å². The normalized spacial score (nSPS) is 15.0. The van der Waals surface area contributed by atoms with Crippen molar-refractivity contribution in [2.45, 2.75) is 6.42 Å². The van der Waals surface area contributed by atoms with Gasteiger partial charge in [-0.1, -0.05) is 42.5 Å². The molecule has 5 rings (SSSR count). The first-order valence-electron chi connectivity index (χ1n) is 10.3. The molecule has 0 N–H and O–H groups in total. The van der Waals surface area contributed by atoms with Crippen molar-refractivity contribution in [1.82, 2.24) is 14.8 Å². The van der Waals surface area contributed by atoms with Gasteiger partial charge in [0.05, 0.1) is 10.2 Å². The fraction of sp³-hybridized carbons (Fsp3) is 0.250. The molecule has 3 heterocycles. The van der Waals surface area contributed by atoms with Crippen molar-refractivity contribution in [2.75, 3.05) is 32.7 Å². The lowest BCUT2D eigenvalue weighted by atomic mass is 10.1. The zero-order valence-electron chi connectivity index (χ0n) is 16.7. The van der Waals surface area contributed by atoms with E-state index < -0.39 is 0 Å². The van der Waals surface area contributed by atoms with Crippen LogP contribution in [-0.2, 0) is 6.42 Å². The van der Waals surface area contributed by atoms with Gasteiger partial charge in [0.2, 0.25) is 0 Å². The number of nitrogens with zero attached hydrogens (tertiary/aromatic N) is 3. The smallest absolute Gasteiger partial charge is 0.289 e. The van der Waals surface area contributed by atoms with E-state index in [1.54, 1.807) is 17.4 Å². The lowest BCUT2D eigenvalue weighted by molar-refractivity contribution is 0.0608. The Morgan fingerprint density at radius 3 is 2.50 bits per heavy atom. The third-order valence-electron chi connectivity index (χ3n) is 5.54. The summed E-state index contributed by atoms with van der Waals surface area (Å²) in [5, 5.41) is 0.806. The minimum atomic E-state index is -0.0370. The highest BCUT2D eigenvalue weighted by molar-refractivity contribution is 7.21. The van der Waals surface area contributed by atoms with Gasteiger partial charge in [-0.25, -0.2) is 4.98 Å². The van der Waals surface area contributed by atoms with Gasteiger partial charge in [-0.15, -0.1) is 11.3 Å². The first kappa shape index (κ1) is 19.0. The molecule has 4 aromatic rings. The minimum absolute atomic E-state index is 0.0370. The van der Waals surface area contributed by atoms with Crippen molar-refractivity contribution in [2.24, 2.45) is 0 Å². The van der Waals surface area contributed by atoms with Crippen molar-refractivity contribution < 1.29 is 9.21 Å². The number of carbonyl (C=O) groups excluding carboxylic acids is 1. The molecule has 1 saturated heterocycles. The van der Waals surface area contributed by atoms with Crippen LogP contribution in [0.15, 0.2) is 71.1 Å². The number of piperazine rings is 1. The van der Waals surface area contributed by atoms with Crippen LogP contribution < -0.4 is 0 Å². The first-order chi connectivity index (χ1) is 14.8. The average molecular weight is 418 g/mol. The molecule has 2 aromatic carbocycles. The van der Waals surface area contributed by atoms with Crippen LogP contribution in [0, 0.1) is 0 Å². The predicted molar refractivity (Wildman–Crippen MR) is 120 cm³/mol. The number of aromatic nitrogens is 1. The molecule has 1 fully saturated rings. The van der Waals surface area contributed by atoms with Gasteiger partial charge >= 0.3 is 0 Å². The van der Waals surface area contributed by atoms with Crippen LogP contribution in [0.3, 0.4) is 0 Å². The van der Waals surface area contributed by atoms with E-state index in [0.717, 1.165) is 54.4 Å². The van der Waals surface area contributed by atoms with Crippen molar-refractivity contribution in [3.63, 3.8) is 0 Å². The van der Waals surface area contributed by atoms with E-state index in [2.05, 4.69) is 34.1 Å². The molecule has 1 aliphatic heterocycles. The standard InChI is InChI=1S/C24H23N3O2S/c28-24(27-16-14-26(15-17-27)13-12-18-6-2-1-3-7-18)21-11-10-20(29-21)23-25-19-8-4-5-9-22(19)30-23/h1-11H,12-17H2. The number of benzene rings is 2. The zero-order valence-corrected chi connectivity index (χ0v) is 17.5. The number of rotatable bonds is 5. The second-order valence-corrected chi connectivity index (χ2v) is 8.55. The SMILES string of the molecule is O=C(c1ccc(-c2nc3ccccc3s2)o1)N1CCN(CCc2ccccc2)CC1. The topological polar surface area (TPSA) is 49.6 Å². The lowest BCUT2D eigenvalue weighted by Gasteiger charge is -2.34. The summed E-state index contributed by atoms with van der Waals surface area (Å²) in [7, 11) is 0. The number of carbonyl (C=O) groups is 1. The maximum absolute atomic E-state index is 12.9. The Morgan fingerprint density at radius 1 is 0.933 bits per heavy atom. The zero-order chi connectivity index (χ0) is 20.3. The predicted octanol–water partition coefficient (Wildman–Crippen LogP) is 4.56. The second-order valence-electron chi connectivity index (χ2n) is 7.52. The number of thiazole rings is 1. The molecule has 6 heteroatoms. The fourth-order valence-corrected chi connectivity index (χ4v) is 4.74. The molecule has 1 amide bonds. The Morgan fingerprint density at radius 2 is 1.70 bits per heavy atom. The lowest BCUT2D eigenvalue weighted by Crippen LogP contribution is -2.49. The fourth-order valence-electron chi connectivity index (χ4n) is 3.81. The molecule has 1 aliphatic rings. The number of hydrogen-bond acceptors (Lipinski definition) is 5. The summed E-state index contributed by atoms with van der Waals surface area (Å²) in [6, 6.07) is 22.2. The Kier molecular flexibility index (Phi) is 5.34. The van der Waals surface area contributed by atoms with Crippen LogP contribution in [0.4, 0.5) is 0 Å². The highest BCUT2D eigenvalue weighted by Gasteiger charge is 2.24. The van der Waals surface area contributed by atoms with Crippen LogP contribution in [0.2, 0.25) is 0 Å². The van der Waals surface area contributed by atoms with Gasteiger partial charge in [-0.05, 0) is 36.2 Å². The Hall–Kier alpha value is -2.96. The van der Waals surface area contributed by atoms with Crippen molar-refractivity contribution in [3.05, 3.63) is 78.1 Å². The highest BCUT2D eigenvalue weighted by Crippen LogP contribution is 2.31. The summed E-state index contributed by atoms with van der Waals surface area (Å²) in [6.07, 6.45) is 1.04. The van der Waals surface area contributed by atoms with Crippen molar-refractivity contribution in [3.8, 4) is 10.8 Å². The molecule has 30 heavy (non-hydrogen) atoms. The minimum Gasteiger partial charge on any atom is -0.448 e. The molecular weight excluding hydrogens is 394 g/mol. The highest BCUT2D eigenvalue weighted by atomic mass is 32.1. The summed E-state index contributed by atoms with van der Waals surface area (Å²) in [4.78, 5) is 21.8. The molecule has 0 radical (unpaired) electrons.